The van der Waals surface area contributed by atoms with E-state index in [1.807, 2.05) is 54.3 Å². The Labute approximate surface area is 217 Å². The number of rotatable bonds is 3. The van der Waals surface area contributed by atoms with Crippen molar-refractivity contribution < 1.29 is 9.59 Å². The molecule has 0 aromatic heterocycles. The Balaban J connectivity index is 1.33. The molecule has 0 saturated carbocycles. The molecule has 5 nitrogen and oxygen atoms in total. The number of carbonyl (C=O) groups is 2. The number of fused-ring (bicyclic) bond motifs is 1. The van der Waals surface area contributed by atoms with E-state index in [0.29, 0.717) is 23.6 Å². The third kappa shape index (κ3) is 4.78. The van der Waals surface area contributed by atoms with E-state index in [1.165, 1.54) is 23.0 Å². The largest absolute Gasteiger partial charge is 0.365 e. The van der Waals surface area contributed by atoms with Crippen molar-refractivity contribution in [3.8, 4) is 0 Å². The van der Waals surface area contributed by atoms with E-state index in [1.54, 1.807) is 11.9 Å². The van der Waals surface area contributed by atoms with Crippen LogP contribution in [0.3, 0.4) is 0 Å². The van der Waals surface area contributed by atoms with Crippen LogP contribution < -0.4 is 9.80 Å². The number of hydrogen-bond acceptors (Lipinski definition) is 4. The molecule has 0 spiro atoms. The Hall–Kier alpha value is -3.51. The Morgan fingerprint density at radius 1 is 0.972 bits per heavy atom. The fourth-order valence-corrected chi connectivity index (χ4v) is 6.05. The molecule has 1 atom stereocenters. The van der Waals surface area contributed by atoms with Crippen LogP contribution in [0.4, 0.5) is 11.4 Å². The Kier molecular flexibility index (Phi) is 6.63. The van der Waals surface area contributed by atoms with Crippen molar-refractivity contribution in [2.45, 2.75) is 31.7 Å². The molecule has 2 amide bonds. The van der Waals surface area contributed by atoms with E-state index < -0.39 is 0 Å². The molecule has 1 fully saturated rings. The van der Waals surface area contributed by atoms with Gasteiger partial charge in [0.1, 0.15) is 0 Å². The van der Waals surface area contributed by atoms with Crippen LogP contribution >= 0.6 is 11.8 Å². The minimum absolute atomic E-state index is 0.0143. The first kappa shape index (κ1) is 24.2. The normalized spacial score (nSPS) is 19.0. The van der Waals surface area contributed by atoms with Crippen molar-refractivity contribution in [2.24, 2.45) is 0 Å². The summed E-state index contributed by atoms with van der Waals surface area (Å²) < 4.78 is 0. The lowest BCUT2D eigenvalue weighted by Crippen LogP contribution is -2.53. The lowest BCUT2D eigenvalue weighted by Gasteiger charge is -2.41. The van der Waals surface area contributed by atoms with Gasteiger partial charge in [-0.2, -0.15) is 0 Å². The molecule has 2 heterocycles. The first-order chi connectivity index (χ1) is 17.3. The molecule has 36 heavy (non-hydrogen) atoms. The van der Waals surface area contributed by atoms with Crippen LogP contribution in [-0.4, -0.2) is 49.4 Å². The third-order valence-electron chi connectivity index (χ3n) is 6.89. The Morgan fingerprint density at radius 3 is 2.44 bits per heavy atom. The fraction of sp³-hybridized carbons (Fsp3) is 0.267. The van der Waals surface area contributed by atoms with Crippen LogP contribution in [0.15, 0.2) is 76.5 Å². The molecular formula is C30H31N3O2S. The second-order valence-corrected chi connectivity index (χ2v) is 10.8. The Morgan fingerprint density at radius 2 is 1.72 bits per heavy atom. The van der Waals surface area contributed by atoms with E-state index in [2.05, 4.69) is 49.1 Å². The number of anilines is 2. The first-order valence-electron chi connectivity index (χ1n) is 12.3. The molecule has 2 aliphatic rings. The highest BCUT2D eigenvalue weighted by Gasteiger charge is 2.30. The van der Waals surface area contributed by atoms with Gasteiger partial charge in [0.05, 0.1) is 10.6 Å². The van der Waals surface area contributed by atoms with Crippen LogP contribution in [0.5, 0.6) is 0 Å². The summed E-state index contributed by atoms with van der Waals surface area (Å²) in [5, 5.41) is 0. The lowest BCUT2D eigenvalue weighted by atomic mass is 10.1. The number of nitrogens with zero attached hydrogens (tertiary/aromatic N) is 3. The molecule has 0 unspecified atom stereocenters. The summed E-state index contributed by atoms with van der Waals surface area (Å²) in [6.45, 7) is 8.44. The zero-order valence-corrected chi connectivity index (χ0v) is 22.0. The molecule has 2 aliphatic heterocycles. The summed E-state index contributed by atoms with van der Waals surface area (Å²) in [5.41, 5.74) is 6.01. The summed E-state index contributed by atoms with van der Waals surface area (Å²) in [6, 6.07) is 22.6. The van der Waals surface area contributed by atoms with E-state index >= 15 is 0 Å². The molecule has 0 radical (unpaired) electrons. The predicted molar refractivity (Wildman–Crippen MR) is 149 cm³/mol. The number of carbonyl (C=O) groups excluding carboxylic acids is 2. The lowest BCUT2D eigenvalue weighted by molar-refractivity contribution is -0.114. The minimum atomic E-state index is -0.0565. The Bertz CT molecular complexity index is 1370. The van der Waals surface area contributed by atoms with Gasteiger partial charge < -0.3 is 14.7 Å². The molecule has 1 saturated heterocycles. The van der Waals surface area contributed by atoms with Gasteiger partial charge in [-0.3, -0.25) is 9.59 Å². The van der Waals surface area contributed by atoms with Gasteiger partial charge in [0.25, 0.3) is 11.8 Å². The number of amides is 2. The van der Waals surface area contributed by atoms with Crippen molar-refractivity contribution in [2.75, 3.05) is 36.5 Å². The summed E-state index contributed by atoms with van der Waals surface area (Å²) in [7, 11) is 1.78. The summed E-state index contributed by atoms with van der Waals surface area (Å²) in [6.07, 6.45) is 1.94. The monoisotopic (exact) mass is 497 g/mol. The molecule has 0 aliphatic carbocycles. The number of piperazine rings is 1. The van der Waals surface area contributed by atoms with Crippen LogP contribution in [0.1, 0.15) is 34.0 Å². The van der Waals surface area contributed by atoms with Gasteiger partial charge in [-0.1, -0.05) is 53.7 Å². The number of benzene rings is 3. The molecule has 0 bridgehead atoms. The maximum Gasteiger partial charge on any atom is 0.264 e. The van der Waals surface area contributed by atoms with Gasteiger partial charge in [-0.15, -0.1) is 0 Å². The second-order valence-electron chi connectivity index (χ2n) is 9.70. The minimum Gasteiger partial charge on any atom is -0.365 e. The van der Waals surface area contributed by atoms with Gasteiger partial charge in [-0.05, 0) is 68.3 Å². The van der Waals surface area contributed by atoms with Crippen molar-refractivity contribution in [1.82, 2.24) is 4.90 Å². The van der Waals surface area contributed by atoms with Crippen LogP contribution in [-0.2, 0) is 4.79 Å². The molecule has 6 heteroatoms. The van der Waals surface area contributed by atoms with E-state index in [0.717, 1.165) is 28.3 Å². The molecule has 3 aromatic carbocycles. The molecule has 5 rings (SSSR count). The van der Waals surface area contributed by atoms with Crippen LogP contribution in [0, 0.1) is 13.8 Å². The summed E-state index contributed by atoms with van der Waals surface area (Å²) >= 11 is 1.46. The first-order valence-corrected chi connectivity index (χ1v) is 13.1. The van der Waals surface area contributed by atoms with E-state index in [4.69, 9.17) is 0 Å². The molecular weight excluding hydrogens is 466 g/mol. The summed E-state index contributed by atoms with van der Waals surface area (Å²) in [5.74, 6) is -0.0421. The maximum absolute atomic E-state index is 13.4. The van der Waals surface area contributed by atoms with E-state index in [-0.39, 0.29) is 17.9 Å². The van der Waals surface area contributed by atoms with Crippen LogP contribution in [0.2, 0.25) is 0 Å². The van der Waals surface area contributed by atoms with Gasteiger partial charge in [0, 0.05) is 48.9 Å². The van der Waals surface area contributed by atoms with Crippen molar-refractivity contribution in [3.63, 3.8) is 0 Å². The fourth-order valence-electron chi connectivity index (χ4n) is 4.95. The SMILES string of the molecule is Cc1cccc(/C=C2\Sc3ccc(C(=O)N4CCN(c5cccc(C)c5)[C@@H](C)C4)cc3N(C)C2=O)c1. The van der Waals surface area contributed by atoms with Gasteiger partial charge in [0.15, 0.2) is 0 Å². The predicted octanol–water partition coefficient (Wildman–Crippen LogP) is 5.76. The quantitative estimate of drug-likeness (QED) is 0.431. The number of likely N-dealkylation sites (N-methyl/N-ethyl adjacent to an activating group) is 1. The topological polar surface area (TPSA) is 43.9 Å². The zero-order chi connectivity index (χ0) is 25.4. The van der Waals surface area contributed by atoms with Crippen molar-refractivity contribution >= 4 is 41.0 Å². The second kappa shape index (κ2) is 9.86. The molecule has 3 aromatic rings. The van der Waals surface area contributed by atoms with Gasteiger partial charge in [0.2, 0.25) is 0 Å². The van der Waals surface area contributed by atoms with Gasteiger partial charge >= 0.3 is 0 Å². The third-order valence-corrected chi connectivity index (χ3v) is 7.97. The number of aryl methyl sites for hydroxylation is 2. The van der Waals surface area contributed by atoms with Crippen molar-refractivity contribution in [3.05, 3.63) is 93.9 Å². The van der Waals surface area contributed by atoms with Crippen molar-refractivity contribution in [1.29, 1.82) is 0 Å². The average molecular weight is 498 g/mol. The maximum atomic E-state index is 13.4. The highest BCUT2D eigenvalue weighted by atomic mass is 32.2. The zero-order valence-electron chi connectivity index (χ0n) is 21.2. The molecule has 184 valence electrons. The number of thioether (sulfide) groups is 1. The van der Waals surface area contributed by atoms with E-state index in [9.17, 15) is 9.59 Å². The average Bonchev–Trinajstić information content (AvgIpc) is 2.86. The standard InChI is InChI=1S/C30H31N3O2S/c1-20-7-5-9-23(15-20)17-28-30(35)31(4)26-18-24(11-12-27(26)36-28)29(34)32-13-14-33(22(3)19-32)25-10-6-8-21(2)16-25/h5-12,15-18,22H,13-14,19H2,1-4H3/b28-17-/t22-/m0/s1. The highest BCUT2D eigenvalue weighted by molar-refractivity contribution is 8.04. The number of hydrogen-bond donors (Lipinski definition) is 0. The smallest absolute Gasteiger partial charge is 0.264 e. The summed E-state index contributed by atoms with van der Waals surface area (Å²) in [4.78, 5) is 34.2. The van der Waals surface area contributed by atoms with Crippen LogP contribution in [0.25, 0.3) is 6.08 Å². The highest BCUT2D eigenvalue weighted by Crippen LogP contribution is 2.42. The van der Waals surface area contributed by atoms with Gasteiger partial charge in [-0.25, -0.2) is 0 Å². The molecule has 0 N–H and O–H groups in total.